The molecule has 0 aliphatic heterocycles. The zero-order valence-corrected chi connectivity index (χ0v) is 14.8. The minimum atomic E-state index is -0.422. The van der Waals surface area contributed by atoms with Gasteiger partial charge in [-0.2, -0.15) is 0 Å². The molecule has 0 heterocycles. The van der Waals surface area contributed by atoms with Gasteiger partial charge in [0.15, 0.2) is 0 Å². The summed E-state index contributed by atoms with van der Waals surface area (Å²) in [5.74, 6) is -0.233. The average molecular weight is 320 g/mol. The molecule has 0 saturated heterocycles. The van der Waals surface area contributed by atoms with Gasteiger partial charge < -0.3 is 9.47 Å². The molecule has 0 aromatic heterocycles. The number of esters is 2. The van der Waals surface area contributed by atoms with Gasteiger partial charge in [-0.1, -0.05) is 40.7 Å². The molecule has 0 amide bonds. The molecule has 0 unspecified atom stereocenters. The third-order valence-electron chi connectivity index (χ3n) is 3.13. The van der Waals surface area contributed by atoms with E-state index in [-0.39, 0.29) is 5.41 Å². The van der Waals surface area contributed by atoms with Crippen molar-refractivity contribution in [2.75, 3.05) is 13.2 Å². The smallest absolute Gasteiger partial charge is 0.338 e. The summed E-state index contributed by atoms with van der Waals surface area (Å²) in [6.45, 7) is 11.0. The van der Waals surface area contributed by atoms with Gasteiger partial charge in [0.2, 0.25) is 0 Å². The van der Waals surface area contributed by atoms with Crippen LogP contribution in [0.5, 0.6) is 0 Å². The Bertz CT molecular complexity index is 526. The van der Waals surface area contributed by atoms with Crippen molar-refractivity contribution in [3.63, 3.8) is 0 Å². The Balaban J connectivity index is 2.58. The van der Waals surface area contributed by atoms with Crippen LogP contribution in [0.2, 0.25) is 0 Å². The second kappa shape index (κ2) is 8.70. The van der Waals surface area contributed by atoms with Crippen LogP contribution in [-0.2, 0) is 9.47 Å². The van der Waals surface area contributed by atoms with Crippen LogP contribution >= 0.6 is 0 Å². The van der Waals surface area contributed by atoms with E-state index in [1.54, 1.807) is 18.2 Å². The van der Waals surface area contributed by atoms with E-state index in [0.29, 0.717) is 30.3 Å². The van der Waals surface area contributed by atoms with Crippen molar-refractivity contribution >= 4 is 11.9 Å². The maximum Gasteiger partial charge on any atom is 0.338 e. The predicted molar refractivity (Wildman–Crippen MR) is 90.5 cm³/mol. The van der Waals surface area contributed by atoms with E-state index >= 15 is 0 Å². The number of benzene rings is 1. The molecule has 0 aliphatic rings. The third-order valence-corrected chi connectivity index (χ3v) is 3.13. The van der Waals surface area contributed by atoms with Crippen molar-refractivity contribution in [1.82, 2.24) is 0 Å². The predicted octanol–water partition coefficient (Wildman–Crippen LogP) is 4.48. The Morgan fingerprint density at radius 3 is 2.13 bits per heavy atom. The number of hydrogen-bond donors (Lipinski definition) is 0. The van der Waals surface area contributed by atoms with Gasteiger partial charge in [-0.25, -0.2) is 9.59 Å². The molecule has 1 aromatic rings. The Labute approximate surface area is 139 Å². The van der Waals surface area contributed by atoms with Crippen molar-refractivity contribution in [2.45, 2.75) is 47.5 Å². The SMILES string of the molecule is CC(C)CCCOC(=O)c1cccc(C(=O)OCC(C)(C)C)c1. The normalized spacial score (nSPS) is 11.4. The van der Waals surface area contributed by atoms with E-state index in [1.165, 1.54) is 6.07 Å². The first-order valence-electron chi connectivity index (χ1n) is 8.13. The first-order valence-corrected chi connectivity index (χ1v) is 8.13. The van der Waals surface area contributed by atoms with E-state index < -0.39 is 11.9 Å². The Morgan fingerprint density at radius 2 is 1.61 bits per heavy atom. The second-order valence-electron chi connectivity index (χ2n) is 7.39. The molecule has 0 aliphatic carbocycles. The molecular formula is C19H28O4. The monoisotopic (exact) mass is 320 g/mol. The highest BCUT2D eigenvalue weighted by Gasteiger charge is 2.16. The molecular weight excluding hydrogens is 292 g/mol. The fourth-order valence-electron chi connectivity index (χ4n) is 1.88. The number of carbonyl (C=O) groups is 2. The summed E-state index contributed by atoms with van der Waals surface area (Å²) in [5.41, 5.74) is 0.647. The van der Waals surface area contributed by atoms with Crippen LogP contribution in [0.15, 0.2) is 24.3 Å². The molecule has 0 radical (unpaired) electrons. The van der Waals surface area contributed by atoms with Gasteiger partial charge in [0.05, 0.1) is 24.3 Å². The zero-order valence-electron chi connectivity index (χ0n) is 14.8. The minimum Gasteiger partial charge on any atom is -0.462 e. The van der Waals surface area contributed by atoms with Crippen molar-refractivity contribution in [2.24, 2.45) is 11.3 Å². The van der Waals surface area contributed by atoms with E-state index in [0.717, 1.165) is 12.8 Å². The molecule has 0 bridgehead atoms. The lowest BCUT2D eigenvalue weighted by molar-refractivity contribution is 0.0367. The maximum absolute atomic E-state index is 12.0. The molecule has 23 heavy (non-hydrogen) atoms. The van der Waals surface area contributed by atoms with E-state index in [2.05, 4.69) is 13.8 Å². The highest BCUT2D eigenvalue weighted by molar-refractivity contribution is 5.95. The first kappa shape index (κ1) is 19.2. The number of hydrogen-bond acceptors (Lipinski definition) is 4. The summed E-state index contributed by atoms with van der Waals surface area (Å²) in [4.78, 5) is 24.0. The highest BCUT2D eigenvalue weighted by atomic mass is 16.5. The summed E-state index contributed by atoms with van der Waals surface area (Å²) in [5, 5.41) is 0. The van der Waals surface area contributed by atoms with E-state index in [4.69, 9.17) is 9.47 Å². The Kier molecular flexibility index (Phi) is 7.27. The van der Waals surface area contributed by atoms with Crippen LogP contribution in [-0.4, -0.2) is 25.2 Å². The fourth-order valence-corrected chi connectivity index (χ4v) is 1.88. The van der Waals surface area contributed by atoms with Crippen LogP contribution < -0.4 is 0 Å². The molecule has 4 heteroatoms. The molecule has 0 N–H and O–H groups in total. The topological polar surface area (TPSA) is 52.6 Å². The third kappa shape index (κ3) is 7.82. The molecule has 1 rings (SSSR count). The van der Waals surface area contributed by atoms with Crippen LogP contribution in [0.1, 0.15) is 68.2 Å². The van der Waals surface area contributed by atoms with Crippen LogP contribution in [0.4, 0.5) is 0 Å². The molecule has 0 spiro atoms. The Hall–Kier alpha value is -1.84. The molecule has 0 atom stereocenters. The van der Waals surface area contributed by atoms with Gasteiger partial charge in [-0.15, -0.1) is 0 Å². The average Bonchev–Trinajstić information content (AvgIpc) is 2.48. The number of carbonyl (C=O) groups excluding carboxylic acids is 2. The van der Waals surface area contributed by atoms with Gasteiger partial charge in [-0.3, -0.25) is 0 Å². The summed E-state index contributed by atoms with van der Waals surface area (Å²) in [6, 6.07) is 6.47. The quantitative estimate of drug-likeness (QED) is 0.549. The molecule has 128 valence electrons. The van der Waals surface area contributed by atoms with Gasteiger partial charge in [0.1, 0.15) is 0 Å². The summed E-state index contributed by atoms with van der Waals surface area (Å²) in [6.07, 6.45) is 1.86. The number of ether oxygens (including phenoxy) is 2. The van der Waals surface area contributed by atoms with Gasteiger partial charge in [-0.05, 0) is 42.4 Å². The van der Waals surface area contributed by atoms with Crippen molar-refractivity contribution in [1.29, 1.82) is 0 Å². The molecule has 0 fully saturated rings. The van der Waals surface area contributed by atoms with Crippen molar-refractivity contribution < 1.29 is 19.1 Å². The lowest BCUT2D eigenvalue weighted by Crippen LogP contribution is -2.18. The van der Waals surface area contributed by atoms with Gasteiger partial charge >= 0.3 is 11.9 Å². The standard InChI is InChI=1S/C19H28O4/c1-14(2)8-7-11-22-17(20)15-9-6-10-16(12-15)18(21)23-13-19(3,4)5/h6,9-10,12,14H,7-8,11,13H2,1-5H3. The zero-order chi connectivity index (χ0) is 17.5. The summed E-state index contributed by atoms with van der Waals surface area (Å²) < 4.78 is 10.5. The van der Waals surface area contributed by atoms with Gasteiger partial charge in [0.25, 0.3) is 0 Å². The summed E-state index contributed by atoms with van der Waals surface area (Å²) >= 11 is 0. The fraction of sp³-hybridized carbons (Fsp3) is 0.579. The lowest BCUT2D eigenvalue weighted by Gasteiger charge is -2.17. The highest BCUT2D eigenvalue weighted by Crippen LogP contribution is 2.15. The van der Waals surface area contributed by atoms with E-state index in [1.807, 2.05) is 20.8 Å². The molecule has 0 saturated carbocycles. The lowest BCUT2D eigenvalue weighted by atomic mass is 9.99. The largest absolute Gasteiger partial charge is 0.462 e. The number of rotatable bonds is 7. The molecule has 4 nitrogen and oxygen atoms in total. The Morgan fingerprint density at radius 1 is 1.04 bits per heavy atom. The summed E-state index contributed by atoms with van der Waals surface area (Å²) in [7, 11) is 0. The second-order valence-corrected chi connectivity index (χ2v) is 7.39. The molecule has 1 aromatic carbocycles. The van der Waals surface area contributed by atoms with Crippen LogP contribution in [0.3, 0.4) is 0 Å². The van der Waals surface area contributed by atoms with Gasteiger partial charge in [0, 0.05) is 0 Å². The minimum absolute atomic E-state index is 0.0946. The van der Waals surface area contributed by atoms with Crippen LogP contribution in [0, 0.1) is 11.3 Å². The van der Waals surface area contributed by atoms with E-state index in [9.17, 15) is 9.59 Å². The first-order chi connectivity index (χ1) is 10.7. The van der Waals surface area contributed by atoms with Crippen molar-refractivity contribution in [3.8, 4) is 0 Å². The van der Waals surface area contributed by atoms with Crippen LogP contribution in [0.25, 0.3) is 0 Å². The van der Waals surface area contributed by atoms with Crippen molar-refractivity contribution in [3.05, 3.63) is 35.4 Å². The maximum atomic E-state index is 12.0.